The Bertz CT molecular complexity index is 2580. The highest BCUT2D eigenvalue weighted by atomic mass is 16.5. The summed E-state index contributed by atoms with van der Waals surface area (Å²) in [6.45, 7) is 3.28. The van der Waals surface area contributed by atoms with Gasteiger partial charge in [-0.1, -0.05) is 24.3 Å². The quantitative estimate of drug-likeness (QED) is 0.0304. The number of hydrogen-bond acceptors (Lipinski definition) is 12. The minimum absolute atomic E-state index is 0.0429. The molecule has 6 aromatic rings. The number of carbonyl (C=O) groups is 4. The molecular formula is C50H56N4O10. The summed E-state index contributed by atoms with van der Waals surface area (Å²) in [6.07, 6.45) is 1.30. The fraction of sp³-hybridized carbons (Fsp3) is 0.400. The van der Waals surface area contributed by atoms with Crippen LogP contribution in [0.15, 0.2) is 66.7 Å². The molecule has 0 N–H and O–H groups in total. The maximum Gasteiger partial charge on any atom is 0.261 e. The number of aryl methyl sites for hydroxylation is 1. The predicted molar refractivity (Wildman–Crippen MR) is 248 cm³/mol. The first-order valence-corrected chi connectivity index (χ1v) is 21.8. The molecule has 0 aromatic heterocycles. The first kappa shape index (κ1) is 44.9. The number of fused-ring (bicyclic) bond motifs is 2. The van der Waals surface area contributed by atoms with E-state index in [1.54, 1.807) is 26.4 Å². The fourth-order valence-electron chi connectivity index (χ4n) is 9.15. The molecule has 4 amide bonds. The highest BCUT2D eigenvalue weighted by Crippen LogP contribution is 2.46. The van der Waals surface area contributed by atoms with Crippen LogP contribution in [0.5, 0.6) is 0 Å². The highest BCUT2D eigenvalue weighted by molar-refractivity contribution is 6.41. The maximum atomic E-state index is 14.6. The van der Waals surface area contributed by atoms with Crippen molar-refractivity contribution in [2.45, 2.75) is 18.9 Å². The molecule has 6 aromatic carbocycles. The van der Waals surface area contributed by atoms with Crippen molar-refractivity contribution in [1.29, 1.82) is 0 Å². The normalized spacial score (nSPS) is 13.9. The SMILES string of the molecule is COCCOCCOCC(COCCOCCOC)N1C(=O)c2ccc3c4ccc5c6c(ccc(c7ccc(c2c37)C1=O)c64)C(=O)N(CCCc1cc(N(C)C)ccc1N(C)C)C5=O. The zero-order valence-electron chi connectivity index (χ0n) is 37.5. The van der Waals surface area contributed by atoms with Crippen LogP contribution in [0, 0.1) is 0 Å². The number of nitrogens with zero attached hydrogens (tertiary/aromatic N) is 4. The van der Waals surface area contributed by atoms with Crippen molar-refractivity contribution in [1.82, 2.24) is 9.80 Å². The van der Waals surface area contributed by atoms with Crippen molar-refractivity contribution >= 4 is 78.1 Å². The Hall–Kier alpha value is -5.74. The lowest BCUT2D eigenvalue weighted by Gasteiger charge is -2.34. The first-order chi connectivity index (χ1) is 31.1. The molecular weight excluding hydrogens is 817 g/mol. The van der Waals surface area contributed by atoms with Gasteiger partial charge in [-0.25, -0.2) is 0 Å². The minimum atomic E-state index is -0.732. The molecule has 0 spiro atoms. The van der Waals surface area contributed by atoms with Gasteiger partial charge in [-0.3, -0.25) is 29.0 Å². The summed E-state index contributed by atoms with van der Waals surface area (Å²) in [5.74, 6) is -1.52. The summed E-state index contributed by atoms with van der Waals surface area (Å²) in [7, 11) is 11.3. The van der Waals surface area contributed by atoms with Gasteiger partial charge < -0.3 is 38.2 Å². The minimum Gasteiger partial charge on any atom is -0.382 e. The maximum absolute atomic E-state index is 14.6. The second-order valence-corrected chi connectivity index (χ2v) is 16.6. The topological polar surface area (TPSA) is 137 Å². The molecule has 2 aliphatic heterocycles. The smallest absolute Gasteiger partial charge is 0.261 e. The summed E-state index contributed by atoms with van der Waals surface area (Å²) in [5.41, 5.74) is 5.09. The van der Waals surface area contributed by atoms with Crippen molar-refractivity contribution in [3.05, 3.63) is 94.5 Å². The Labute approximate surface area is 372 Å². The third kappa shape index (κ3) is 8.37. The molecule has 0 bridgehead atoms. The fourth-order valence-corrected chi connectivity index (χ4v) is 9.15. The van der Waals surface area contributed by atoms with Crippen LogP contribution in [-0.4, -0.2) is 154 Å². The average molecular weight is 873 g/mol. The van der Waals surface area contributed by atoms with Gasteiger partial charge in [0.15, 0.2) is 0 Å². The van der Waals surface area contributed by atoms with Gasteiger partial charge in [0, 0.05) is 93.4 Å². The van der Waals surface area contributed by atoms with Gasteiger partial charge in [-0.15, -0.1) is 0 Å². The summed E-state index contributed by atoms with van der Waals surface area (Å²) < 4.78 is 33.1. The number of anilines is 2. The molecule has 8 rings (SSSR count). The Morgan fingerprint density at radius 3 is 1.38 bits per heavy atom. The number of hydrogen-bond donors (Lipinski definition) is 0. The Balaban J connectivity index is 1.09. The van der Waals surface area contributed by atoms with E-state index in [9.17, 15) is 19.2 Å². The Kier molecular flexibility index (Phi) is 13.7. The molecule has 2 aliphatic rings. The first-order valence-electron chi connectivity index (χ1n) is 21.8. The molecule has 0 saturated heterocycles. The zero-order valence-corrected chi connectivity index (χ0v) is 37.5. The predicted octanol–water partition coefficient (Wildman–Crippen LogP) is 6.42. The molecule has 64 heavy (non-hydrogen) atoms. The second kappa shape index (κ2) is 19.6. The van der Waals surface area contributed by atoms with Gasteiger partial charge in [-0.2, -0.15) is 0 Å². The Morgan fingerprint density at radius 2 is 0.938 bits per heavy atom. The van der Waals surface area contributed by atoms with Gasteiger partial charge in [0.2, 0.25) is 0 Å². The largest absolute Gasteiger partial charge is 0.382 e. The number of rotatable bonds is 23. The van der Waals surface area contributed by atoms with Crippen LogP contribution >= 0.6 is 0 Å². The van der Waals surface area contributed by atoms with Crippen molar-refractivity contribution in [3.63, 3.8) is 0 Å². The molecule has 2 heterocycles. The van der Waals surface area contributed by atoms with E-state index in [2.05, 4.69) is 28.0 Å². The summed E-state index contributed by atoms with van der Waals surface area (Å²) in [6, 6.07) is 20.5. The lowest BCUT2D eigenvalue weighted by molar-refractivity contribution is -0.0221. The van der Waals surface area contributed by atoms with E-state index >= 15 is 0 Å². The second-order valence-electron chi connectivity index (χ2n) is 16.6. The Morgan fingerprint density at radius 1 is 0.500 bits per heavy atom. The number of imide groups is 2. The monoisotopic (exact) mass is 872 g/mol. The number of ether oxygens (including phenoxy) is 6. The van der Waals surface area contributed by atoms with Gasteiger partial charge in [0.1, 0.15) is 0 Å². The van der Waals surface area contributed by atoms with Crippen LogP contribution in [0.25, 0.3) is 43.1 Å². The number of amides is 4. The van der Waals surface area contributed by atoms with Gasteiger partial charge in [-0.05, 0) is 93.2 Å². The van der Waals surface area contributed by atoms with Gasteiger partial charge in [0.25, 0.3) is 23.6 Å². The molecule has 0 radical (unpaired) electrons. The third-order valence-electron chi connectivity index (χ3n) is 12.2. The highest BCUT2D eigenvalue weighted by Gasteiger charge is 2.40. The summed E-state index contributed by atoms with van der Waals surface area (Å²) in [4.78, 5) is 64.4. The zero-order chi connectivity index (χ0) is 45.1. The van der Waals surface area contributed by atoms with Gasteiger partial charge in [0.05, 0.1) is 72.1 Å². The van der Waals surface area contributed by atoms with Crippen LogP contribution in [0.3, 0.4) is 0 Å². The molecule has 14 heteroatoms. The van der Waals surface area contributed by atoms with E-state index in [1.165, 1.54) is 9.80 Å². The third-order valence-corrected chi connectivity index (χ3v) is 12.2. The molecule has 0 atom stereocenters. The molecule has 0 aliphatic carbocycles. The van der Waals surface area contributed by atoms with Crippen molar-refractivity contribution < 1.29 is 47.6 Å². The van der Waals surface area contributed by atoms with Crippen LogP contribution in [0.1, 0.15) is 53.4 Å². The lowest BCUT2D eigenvalue weighted by Crippen LogP contribution is -2.51. The van der Waals surface area contributed by atoms with Crippen LogP contribution < -0.4 is 9.80 Å². The van der Waals surface area contributed by atoms with E-state index in [1.807, 2.05) is 64.6 Å². The van der Waals surface area contributed by atoms with E-state index in [0.29, 0.717) is 85.5 Å². The van der Waals surface area contributed by atoms with Crippen LogP contribution in [-0.2, 0) is 34.8 Å². The number of benzene rings is 6. The molecule has 336 valence electrons. The molecule has 0 unspecified atom stereocenters. The van der Waals surface area contributed by atoms with E-state index in [0.717, 1.165) is 49.3 Å². The standard InChI is InChI=1S/C50H56N4O10/c1-51(2)32-9-18-42(52(3)4)31(28-32)8-7-19-53-47(55)38-14-10-34-36-12-16-40-46-41(17-13-37(44(36)46)35-11-15-39(48(53)56)45(38)43(34)35)50(58)54(49(40)57)33(29-63-26-24-61-22-20-59-5)30-64-27-25-62-23-21-60-6/h9-18,28,33H,7-8,19-27,29-30H2,1-6H3. The summed E-state index contributed by atoms with van der Waals surface area (Å²) in [5, 5.41) is 6.11. The van der Waals surface area contributed by atoms with E-state index in [4.69, 9.17) is 28.4 Å². The molecule has 14 nitrogen and oxygen atoms in total. The van der Waals surface area contributed by atoms with Crippen molar-refractivity contribution in [3.8, 4) is 0 Å². The number of methoxy groups -OCH3 is 2. The van der Waals surface area contributed by atoms with Crippen molar-refractivity contribution in [2.24, 2.45) is 0 Å². The van der Waals surface area contributed by atoms with Crippen LogP contribution in [0.2, 0.25) is 0 Å². The summed E-state index contributed by atoms with van der Waals surface area (Å²) >= 11 is 0. The number of carbonyl (C=O) groups excluding carboxylic acids is 4. The van der Waals surface area contributed by atoms with Crippen molar-refractivity contribution in [2.75, 3.05) is 125 Å². The average Bonchev–Trinajstić information content (AvgIpc) is 3.29. The molecule has 0 saturated carbocycles. The van der Waals surface area contributed by atoms with E-state index < -0.39 is 17.9 Å². The van der Waals surface area contributed by atoms with E-state index in [-0.39, 0.29) is 44.8 Å². The molecule has 0 fully saturated rings. The lowest BCUT2D eigenvalue weighted by atomic mass is 9.82. The van der Waals surface area contributed by atoms with Crippen LogP contribution in [0.4, 0.5) is 11.4 Å². The van der Waals surface area contributed by atoms with Gasteiger partial charge >= 0.3 is 0 Å².